The van der Waals surface area contributed by atoms with Crippen LogP contribution in [-0.4, -0.2) is 22.6 Å². The van der Waals surface area contributed by atoms with Gasteiger partial charge in [0.25, 0.3) is 0 Å². The topological polar surface area (TPSA) is 60.1 Å². The first-order valence-electron chi connectivity index (χ1n) is 7.41. The maximum atomic E-state index is 12.0. The van der Waals surface area contributed by atoms with E-state index in [1.54, 1.807) is 22.9 Å². The van der Waals surface area contributed by atoms with Gasteiger partial charge in [0.1, 0.15) is 0 Å². The van der Waals surface area contributed by atoms with Gasteiger partial charge in [-0.1, -0.05) is 19.3 Å². The first kappa shape index (κ1) is 13.4. The van der Waals surface area contributed by atoms with E-state index in [0.717, 1.165) is 0 Å². The van der Waals surface area contributed by atoms with Gasteiger partial charge in [-0.2, -0.15) is 0 Å². The lowest BCUT2D eigenvalue weighted by atomic mass is 9.84. The standard InChI is InChI=1S/C15H21N3O2/c1-16-12(11-6-3-2-4-7-11)10-18-14-13(20-15(18)19)8-5-9-17-14/h5,8-9,11-12,16H,2-4,6-7,10H2,1H3. The summed E-state index contributed by atoms with van der Waals surface area (Å²) in [5.41, 5.74) is 1.21. The highest BCUT2D eigenvalue weighted by Crippen LogP contribution is 2.27. The molecule has 3 rings (SSSR count). The summed E-state index contributed by atoms with van der Waals surface area (Å²) in [6.45, 7) is 0.629. The highest BCUT2D eigenvalue weighted by molar-refractivity contribution is 5.67. The fraction of sp³-hybridized carbons (Fsp3) is 0.600. The first-order valence-corrected chi connectivity index (χ1v) is 7.41. The van der Waals surface area contributed by atoms with Crippen molar-refractivity contribution in [2.75, 3.05) is 7.05 Å². The van der Waals surface area contributed by atoms with Crippen molar-refractivity contribution in [3.8, 4) is 0 Å². The predicted octanol–water partition coefficient (Wildman–Crippen LogP) is 2.16. The molecule has 0 aromatic carbocycles. The van der Waals surface area contributed by atoms with E-state index in [-0.39, 0.29) is 5.76 Å². The second-order valence-corrected chi connectivity index (χ2v) is 5.60. The van der Waals surface area contributed by atoms with Crippen molar-refractivity contribution < 1.29 is 4.42 Å². The maximum absolute atomic E-state index is 12.0. The molecule has 108 valence electrons. The van der Waals surface area contributed by atoms with Crippen molar-refractivity contribution in [1.82, 2.24) is 14.9 Å². The molecule has 0 radical (unpaired) electrons. The van der Waals surface area contributed by atoms with E-state index >= 15 is 0 Å². The van der Waals surface area contributed by atoms with Crippen molar-refractivity contribution >= 4 is 11.2 Å². The largest absolute Gasteiger partial charge is 0.421 e. The number of hydrogen-bond donors (Lipinski definition) is 1. The van der Waals surface area contributed by atoms with Crippen LogP contribution in [0.25, 0.3) is 11.2 Å². The Labute approximate surface area is 118 Å². The van der Waals surface area contributed by atoms with Gasteiger partial charge in [-0.05, 0) is 37.9 Å². The summed E-state index contributed by atoms with van der Waals surface area (Å²) >= 11 is 0. The van der Waals surface area contributed by atoms with Crippen LogP contribution >= 0.6 is 0 Å². The van der Waals surface area contributed by atoms with E-state index in [4.69, 9.17) is 4.42 Å². The fourth-order valence-corrected chi connectivity index (χ4v) is 3.27. The monoisotopic (exact) mass is 275 g/mol. The molecule has 0 amide bonds. The molecule has 1 N–H and O–H groups in total. The number of nitrogens with zero attached hydrogens (tertiary/aromatic N) is 2. The molecule has 1 fully saturated rings. The van der Waals surface area contributed by atoms with Gasteiger partial charge in [0.05, 0.1) is 0 Å². The number of aromatic nitrogens is 2. The number of rotatable bonds is 4. The second-order valence-electron chi connectivity index (χ2n) is 5.60. The average Bonchev–Trinajstić information content (AvgIpc) is 2.81. The number of oxazole rings is 1. The molecule has 1 aliphatic carbocycles. The van der Waals surface area contributed by atoms with Crippen LogP contribution in [0, 0.1) is 5.92 Å². The van der Waals surface area contributed by atoms with Crippen LogP contribution in [0.4, 0.5) is 0 Å². The summed E-state index contributed by atoms with van der Waals surface area (Å²) in [4.78, 5) is 16.3. The molecule has 20 heavy (non-hydrogen) atoms. The second kappa shape index (κ2) is 5.79. The highest BCUT2D eigenvalue weighted by atomic mass is 16.4. The summed E-state index contributed by atoms with van der Waals surface area (Å²) in [6, 6.07) is 3.87. The van der Waals surface area contributed by atoms with Crippen molar-refractivity contribution in [3.05, 3.63) is 28.9 Å². The number of pyridine rings is 1. The highest BCUT2D eigenvalue weighted by Gasteiger charge is 2.24. The lowest BCUT2D eigenvalue weighted by molar-refractivity contribution is 0.255. The van der Waals surface area contributed by atoms with E-state index in [9.17, 15) is 4.79 Å². The lowest BCUT2D eigenvalue weighted by Crippen LogP contribution is -2.40. The lowest BCUT2D eigenvalue weighted by Gasteiger charge is -2.30. The number of nitrogens with one attached hydrogen (secondary N) is 1. The molecule has 5 nitrogen and oxygen atoms in total. The van der Waals surface area contributed by atoms with Crippen LogP contribution in [0.15, 0.2) is 27.5 Å². The van der Waals surface area contributed by atoms with Crippen LogP contribution in [0.5, 0.6) is 0 Å². The Morgan fingerprint density at radius 1 is 1.45 bits per heavy atom. The van der Waals surface area contributed by atoms with Gasteiger partial charge in [-0.3, -0.25) is 4.57 Å². The number of fused-ring (bicyclic) bond motifs is 1. The molecule has 2 aromatic rings. The molecule has 2 heterocycles. The third-order valence-corrected chi connectivity index (χ3v) is 4.39. The quantitative estimate of drug-likeness (QED) is 0.929. The zero-order valence-corrected chi connectivity index (χ0v) is 11.8. The Bertz CT molecular complexity index is 625. The zero-order chi connectivity index (χ0) is 13.9. The molecular weight excluding hydrogens is 254 g/mol. The molecule has 1 aliphatic rings. The Kier molecular flexibility index (Phi) is 3.87. The smallest absolute Gasteiger partial charge is 0.406 e. The molecule has 1 unspecified atom stereocenters. The Morgan fingerprint density at radius 3 is 3.00 bits per heavy atom. The van der Waals surface area contributed by atoms with E-state index in [1.165, 1.54) is 32.1 Å². The van der Waals surface area contributed by atoms with Crippen LogP contribution in [0.2, 0.25) is 0 Å². The van der Waals surface area contributed by atoms with E-state index < -0.39 is 0 Å². The average molecular weight is 275 g/mol. The van der Waals surface area contributed by atoms with Gasteiger partial charge in [0.2, 0.25) is 0 Å². The van der Waals surface area contributed by atoms with Gasteiger partial charge < -0.3 is 9.73 Å². The molecule has 5 heteroatoms. The van der Waals surface area contributed by atoms with Crippen molar-refractivity contribution in [1.29, 1.82) is 0 Å². The van der Waals surface area contributed by atoms with Crippen LogP contribution in [0.1, 0.15) is 32.1 Å². The van der Waals surface area contributed by atoms with Crippen LogP contribution in [0.3, 0.4) is 0 Å². The summed E-state index contributed by atoms with van der Waals surface area (Å²) < 4.78 is 6.91. The molecular formula is C15H21N3O2. The normalized spacial score (nSPS) is 18.4. The maximum Gasteiger partial charge on any atom is 0.421 e. The number of likely N-dealkylation sites (N-methyl/N-ethyl adjacent to an activating group) is 1. The number of hydrogen-bond acceptors (Lipinski definition) is 4. The summed E-state index contributed by atoms with van der Waals surface area (Å²) in [5, 5.41) is 3.37. The summed E-state index contributed by atoms with van der Waals surface area (Å²) in [6.07, 6.45) is 8.10. The van der Waals surface area contributed by atoms with Crippen LogP contribution in [-0.2, 0) is 6.54 Å². The fourth-order valence-electron chi connectivity index (χ4n) is 3.27. The van der Waals surface area contributed by atoms with Crippen molar-refractivity contribution in [3.63, 3.8) is 0 Å². The van der Waals surface area contributed by atoms with Crippen molar-refractivity contribution in [2.24, 2.45) is 5.92 Å². The van der Waals surface area contributed by atoms with Gasteiger partial charge in [0, 0.05) is 18.8 Å². The third kappa shape index (κ3) is 2.50. The molecule has 0 spiro atoms. The molecule has 0 saturated heterocycles. The van der Waals surface area contributed by atoms with Crippen LogP contribution < -0.4 is 11.1 Å². The molecule has 0 aliphatic heterocycles. The first-order chi connectivity index (χ1) is 9.79. The minimum absolute atomic E-state index is 0.302. The zero-order valence-electron chi connectivity index (χ0n) is 11.8. The summed E-state index contributed by atoms with van der Waals surface area (Å²) in [7, 11) is 1.97. The third-order valence-electron chi connectivity index (χ3n) is 4.39. The van der Waals surface area contributed by atoms with E-state index in [2.05, 4.69) is 10.3 Å². The predicted molar refractivity (Wildman–Crippen MR) is 77.7 cm³/mol. The minimum atomic E-state index is -0.310. The minimum Gasteiger partial charge on any atom is -0.406 e. The van der Waals surface area contributed by atoms with Gasteiger partial charge in [0.15, 0.2) is 11.2 Å². The Hall–Kier alpha value is -1.62. The Balaban J connectivity index is 1.87. The SMILES string of the molecule is CNC(Cn1c(=O)oc2cccnc21)C1CCCCC1. The van der Waals surface area contributed by atoms with Gasteiger partial charge in [-0.15, -0.1) is 0 Å². The molecule has 1 saturated carbocycles. The van der Waals surface area contributed by atoms with E-state index in [1.807, 2.05) is 7.05 Å². The van der Waals surface area contributed by atoms with Gasteiger partial charge in [-0.25, -0.2) is 9.78 Å². The molecule has 2 aromatic heterocycles. The van der Waals surface area contributed by atoms with Gasteiger partial charge >= 0.3 is 5.76 Å². The van der Waals surface area contributed by atoms with Crippen molar-refractivity contribution in [2.45, 2.75) is 44.7 Å². The Morgan fingerprint density at radius 2 is 2.25 bits per heavy atom. The molecule has 1 atom stereocenters. The summed E-state index contributed by atoms with van der Waals surface area (Å²) in [5.74, 6) is 0.323. The molecule has 0 bridgehead atoms. The van der Waals surface area contributed by atoms with E-state index in [0.29, 0.717) is 29.7 Å².